The summed E-state index contributed by atoms with van der Waals surface area (Å²) in [7, 11) is 0. The third-order valence-electron chi connectivity index (χ3n) is 3.44. The van der Waals surface area contributed by atoms with E-state index >= 15 is 0 Å². The normalized spacial score (nSPS) is 28.0. The van der Waals surface area contributed by atoms with Crippen molar-refractivity contribution in [2.24, 2.45) is 0 Å². The van der Waals surface area contributed by atoms with Crippen LogP contribution < -0.4 is 0 Å². The van der Waals surface area contributed by atoms with Crippen LogP contribution in [-0.4, -0.2) is 53.7 Å². The molecule has 21 heavy (non-hydrogen) atoms. The van der Waals surface area contributed by atoms with E-state index in [1.165, 1.54) is 0 Å². The zero-order valence-corrected chi connectivity index (χ0v) is 11.2. The largest absolute Gasteiger partial charge is 0.461 e. The number of morpholine rings is 1. The molecule has 1 N–H and O–H groups in total. The van der Waals surface area contributed by atoms with Crippen molar-refractivity contribution in [2.75, 3.05) is 13.2 Å². The fourth-order valence-corrected chi connectivity index (χ4v) is 2.45. The van der Waals surface area contributed by atoms with E-state index in [4.69, 9.17) is 14.2 Å². The summed E-state index contributed by atoms with van der Waals surface area (Å²) in [6.07, 6.45) is -2.47. The molecule has 2 heterocycles. The first kappa shape index (κ1) is 13.8. The summed E-state index contributed by atoms with van der Waals surface area (Å²) in [4.78, 5) is 25.0. The first-order chi connectivity index (χ1) is 10.1. The Labute approximate surface area is 121 Å². The molecule has 2 saturated heterocycles. The Morgan fingerprint density at radius 1 is 1.38 bits per heavy atom. The number of carbonyl (C=O) groups is 2. The predicted molar refractivity (Wildman–Crippen MR) is 69.0 cm³/mol. The third kappa shape index (κ3) is 2.84. The number of fused-ring (bicyclic) bond motifs is 1. The molecule has 7 heteroatoms. The molecular formula is C14H15NO6. The summed E-state index contributed by atoms with van der Waals surface area (Å²) < 4.78 is 15.2. The van der Waals surface area contributed by atoms with Crippen molar-refractivity contribution in [1.29, 1.82) is 0 Å². The van der Waals surface area contributed by atoms with E-state index in [0.717, 1.165) is 10.5 Å². The van der Waals surface area contributed by atoms with Gasteiger partial charge in [0.05, 0.1) is 6.54 Å². The van der Waals surface area contributed by atoms with E-state index in [9.17, 15) is 14.7 Å². The van der Waals surface area contributed by atoms with Gasteiger partial charge in [-0.25, -0.2) is 9.59 Å². The van der Waals surface area contributed by atoms with Crippen LogP contribution in [0.3, 0.4) is 0 Å². The summed E-state index contributed by atoms with van der Waals surface area (Å²) in [5.41, 5.74) is 0.838. The second-order valence-electron chi connectivity index (χ2n) is 4.90. The summed E-state index contributed by atoms with van der Waals surface area (Å²) in [6.45, 7) is 0.00642. The first-order valence-electron chi connectivity index (χ1n) is 6.62. The first-order valence-corrected chi connectivity index (χ1v) is 6.62. The smallest absolute Gasteiger partial charge is 0.411 e. The van der Waals surface area contributed by atoms with Crippen LogP contribution in [-0.2, 0) is 25.6 Å². The average molecular weight is 293 g/mol. The van der Waals surface area contributed by atoms with Crippen molar-refractivity contribution in [3.05, 3.63) is 35.9 Å². The molecule has 1 unspecified atom stereocenters. The number of aliphatic hydroxyl groups excluding tert-OH is 1. The van der Waals surface area contributed by atoms with Gasteiger partial charge in [-0.2, -0.15) is 0 Å². The molecule has 1 aromatic carbocycles. The fraction of sp³-hybridized carbons (Fsp3) is 0.429. The molecule has 3 atom stereocenters. The van der Waals surface area contributed by atoms with Gasteiger partial charge in [-0.3, -0.25) is 4.90 Å². The molecule has 0 radical (unpaired) electrons. The highest BCUT2D eigenvalue weighted by atomic mass is 16.6. The molecule has 1 aromatic rings. The molecule has 0 bridgehead atoms. The van der Waals surface area contributed by atoms with Crippen LogP contribution in [0, 0.1) is 0 Å². The van der Waals surface area contributed by atoms with Gasteiger partial charge in [-0.15, -0.1) is 0 Å². The van der Waals surface area contributed by atoms with E-state index < -0.39 is 30.5 Å². The standard InChI is InChI=1S/C14H15NO6/c16-11-6-15(12-10(21-11)8-19-13(12)17)14(18)20-7-9-4-2-1-3-5-9/h1-5,10-12,16H,6-8H2/t10?,11-,12+/m0/s1. The van der Waals surface area contributed by atoms with Crippen molar-refractivity contribution >= 4 is 12.1 Å². The zero-order chi connectivity index (χ0) is 14.8. The Morgan fingerprint density at radius 2 is 2.14 bits per heavy atom. The highest BCUT2D eigenvalue weighted by molar-refractivity contribution is 5.84. The molecule has 0 saturated carbocycles. The van der Waals surface area contributed by atoms with E-state index in [1.807, 2.05) is 30.3 Å². The monoisotopic (exact) mass is 293 g/mol. The number of hydrogen-bond donors (Lipinski definition) is 1. The Hall–Kier alpha value is -2.12. The summed E-state index contributed by atoms with van der Waals surface area (Å²) in [5.74, 6) is -0.538. The van der Waals surface area contributed by atoms with Crippen LogP contribution in [0.2, 0.25) is 0 Å². The maximum Gasteiger partial charge on any atom is 0.411 e. The van der Waals surface area contributed by atoms with Crippen LogP contribution in [0.1, 0.15) is 5.56 Å². The average Bonchev–Trinajstić information content (AvgIpc) is 2.86. The minimum atomic E-state index is -1.15. The molecular weight excluding hydrogens is 278 g/mol. The SMILES string of the molecule is O=C1OCC2O[C@H](O)CN(C(=O)OCc3ccccc3)[C@@H]12. The minimum Gasteiger partial charge on any atom is -0.461 e. The number of amides is 1. The molecule has 2 aliphatic rings. The topological polar surface area (TPSA) is 85.3 Å². The second kappa shape index (κ2) is 5.71. The Bertz CT molecular complexity index is 534. The summed E-state index contributed by atoms with van der Waals surface area (Å²) >= 11 is 0. The number of ether oxygens (including phenoxy) is 3. The van der Waals surface area contributed by atoms with Crippen molar-refractivity contribution in [1.82, 2.24) is 4.90 Å². The molecule has 0 aromatic heterocycles. The maximum absolute atomic E-state index is 12.1. The van der Waals surface area contributed by atoms with Gasteiger partial charge in [0.2, 0.25) is 0 Å². The predicted octanol–water partition coefficient (Wildman–Crippen LogP) is 0.268. The van der Waals surface area contributed by atoms with Crippen molar-refractivity contribution in [3.8, 4) is 0 Å². The highest BCUT2D eigenvalue weighted by Crippen LogP contribution is 2.25. The van der Waals surface area contributed by atoms with Crippen molar-refractivity contribution < 1.29 is 28.9 Å². The number of nitrogens with zero attached hydrogens (tertiary/aromatic N) is 1. The minimum absolute atomic E-state index is 0.0308. The van der Waals surface area contributed by atoms with Gasteiger partial charge in [-0.05, 0) is 5.56 Å². The van der Waals surface area contributed by atoms with E-state index in [0.29, 0.717) is 0 Å². The Kier molecular flexibility index (Phi) is 3.76. The molecule has 0 aliphatic carbocycles. The van der Waals surface area contributed by atoms with Gasteiger partial charge in [0.25, 0.3) is 0 Å². The lowest BCUT2D eigenvalue weighted by Gasteiger charge is -2.36. The summed E-state index contributed by atoms with van der Waals surface area (Å²) in [6, 6.07) is 8.35. The number of benzene rings is 1. The Balaban J connectivity index is 1.66. The van der Waals surface area contributed by atoms with E-state index in [-0.39, 0.29) is 19.8 Å². The van der Waals surface area contributed by atoms with Gasteiger partial charge in [0.1, 0.15) is 19.3 Å². The molecule has 2 fully saturated rings. The quantitative estimate of drug-likeness (QED) is 0.788. The van der Waals surface area contributed by atoms with Crippen LogP contribution in [0.4, 0.5) is 4.79 Å². The van der Waals surface area contributed by atoms with Gasteiger partial charge in [-0.1, -0.05) is 30.3 Å². The maximum atomic E-state index is 12.1. The van der Waals surface area contributed by atoms with Crippen LogP contribution in [0.15, 0.2) is 30.3 Å². The van der Waals surface area contributed by atoms with Gasteiger partial charge >= 0.3 is 12.1 Å². The van der Waals surface area contributed by atoms with Crippen molar-refractivity contribution in [2.45, 2.75) is 25.0 Å². The lowest BCUT2D eigenvalue weighted by molar-refractivity contribution is -0.188. The molecule has 3 rings (SSSR count). The molecule has 7 nitrogen and oxygen atoms in total. The zero-order valence-electron chi connectivity index (χ0n) is 11.2. The number of carbonyl (C=O) groups excluding carboxylic acids is 2. The third-order valence-corrected chi connectivity index (χ3v) is 3.44. The van der Waals surface area contributed by atoms with Crippen LogP contribution in [0.5, 0.6) is 0 Å². The summed E-state index contributed by atoms with van der Waals surface area (Å²) in [5, 5.41) is 9.61. The number of rotatable bonds is 2. The molecule has 1 amide bonds. The van der Waals surface area contributed by atoms with E-state index in [2.05, 4.69) is 0 Å². The highest BCUT2D eigenvalue weighted by Gasteiger charge is 2.49. The van der Waals surface area contributed by atoms with Gasteiger partial charge in [0.15, 0.2) is 12.3 Å². The number of aliphatic hydroxyl groups is 1. The van der Waals surface area contributed by atoms with E-state index in [1.54, 1.807) is 0 Å². The fourth-order valence-electron chi connectivity index (χ4n) is 2.45. The molecule has 0 spiro atoms. The van der Waals surface area contributed by atoms with Crippen molar-refractivity contribution in [3.63, 3.8) is 0 Å². The number of hydrogen-bond acceptors (Lipinski definition) is 6. The Morgan fingerprint density at radius 3 is 2.90 bits per heavy atom. The molecule has 112 valence electrons. The van der Waals surface area contributed by atoms with Crippen LogP contribution >= 0.6 is 0 Å². The molecule has 2 aliphatic heterocycles. The van der Waals surface area contributed by atoms with Gasteiger partial charge < -0.3 is 19.3 Å². The lowest BCUT2D eigenvalue weighted by atomic mass is 10.1. The number of esters is 1. The lowest BCUT2D eigenvalue weighted by Crippen LogP contribution is -2.57. The van der Waals surface area contributed by atoms with Crippen LogP contribution in [0.25, 0.3) is 0 Å². The number of cyclic esters (lactones) is 1. The number of β-amino-alcohol motifs (C(OH)–C–C–N with tert-alkyl or cyclic N) is 1. The van der Waals surface area contributed by atoms with Gasteiger partial charge in [0, 0.05) is 0 Å². The second-order valence-corrected chi connectivity index (χ2v) is 4.90.